The predicted molar refractivity (Wildman–Crippen MR) is 65.4 cm³/mol. The monoisotopic (exact) mass is 262 g/mol. The Morgan fingerprint density at radius 2 is 1.76 bits per heavy atom. The fourth-order valence-corrected chi connectivity index (χ4v) is 3.61. The van der Waals surface area contributed by atoms with Crippen molar-refractivity contribution in [3.05, 3.63) is 21.6 Å². The highest BCUT2D eigenvalue weighted by molar-refractivity contribution is 7.54. The first-order chi connectivity index (χ1) is 7.96. The lowest BCUT2D eigenvalue weighted by atomic mass is 10.2. The van der Waals surface area contributed by atoms with Crippen molar-refractivity contribution in [3.8, 4) is 0 Å². The summed E-state index contributed by atoms with van der Waals surface area (Å²) in [6, 6.07) is 0. The third kappa shape index (κ3) is 2.89. The first-order valence-corrected chi connectivity index (χ1v) is 7.23. The third-order valence-corrected chi connectivity index (χ3v) is 4.97. The van der Waals surface area contributed by atoms with Crippen LogP contribution < -0.4 is 5.56 Å². The number of H-pyrrole nitrogens is 2. The Balaban J connectivity index is 3.12. The van der Waals surface area contributed by atoms with Crippen molar-refractivity contribution < 1.29 is 13.6 Å². The average Bonchev–Trinajstić information content (AvgIpc) is 2.58. The molecule has 7 heteroatoms. The average molecular weight is 262 g/mol. The number of aryl methyl sites for hydroxylation is 1. The van der Waals surface area contributed by atoms with Gasteiger partial charge in [0.15, 0.2) is 0 Å². The molecule has 1 atom stereocenters. The van der Waals surface area contributed by atoms with E-state index in [0.717, 1.165) is 0 Å². The van der Waals surface area contributed by atoms with Gasteiger partial charge in [-0.3, -0.25) is 14.5 Å². The number of aromatic nitrogens is 2. The van der Waals surface area contributed by atoms with Gasteiger partial charge in [0, 0.05) is 5.69 Å². The fraction of sp³-hybridized carbons (Fsp3) is 0.700. The molecule has 0 aromatic carbocycles. The molecule has 0 amide bonds. The van der Waals surface area contributed by atoms with E-state index in [-0.39, 0.29) is 18.8 Å². The van der Waals surface area contributed by atoms with Crippen molar-refractivity contribution in [2.75, 3.05) is 13.2 Å². The molecule has 1 unspecified atom stereocenters. The smallest absolute Gasteiger partial charge is 0.308 e. The van der Waals surface area contributed by atoms with Crippen LogP contribution in [-0.2, 0) is 13.6 Å². The minimum Gasteiger partial charge on any atom is -0.308 e. The van der Waals surface area contributed by atoms with E-state index in [9.17, 15) is 9.36 Å². The zero-order valence-corrected chi connectivity index (χ0v) is 11.5. The largest absolute Gasteiger partial charge is 0.338 e. The normalized spacial score (nSPS) is 13.9. The molecule has 0 spiro atoms. The summed E-state index contributed by atoms with van der Waals surface area (Å²) in [6.45, 7) is 7.47. The van der Waals surface area contributed by atoms with Gasteiger partial charge in [-0.2, -0.15) is 0 Å². The van der Waals surface area contributed by atoms with E-state index in [0.29, 0.717) is 11.3 Å². The third-order valence-electron chi connectivity index (χ3n) is 2.52. The molecule has 1 aromatic heterocycles. The van der Waals surface area contributed by atoms with Crippen LogP contribution in [0.1, 0.15) is 37.7 Å². The molecule has 6 nitrogen and oxygen atoms in total. The highest BCUT2D eigenvalue weighted by Crippen LogP contribution is 2.60. The maximum Gasteiger partial charge on any atom is 0.338 e. The van der Waals surface area contributed by atoms with E-state index in [1.54, 1.807) is 27.7 Å². The lowest BCUT2D eigenvalue weighted by molar-refractivity contribution is 0.213. The standard InChI is InChI=1S/C10H19N2O4P/c1-5-15-17(14,16-6-2)8(4)9-7(3)11-12-10(9)13/h8H,5-6H2,1-4H3,(H2,11,12,13). The van der Waals surface area contributed by atoms with Gasteiger partial charge < -0.3 is 14.1 Å². The molecule has 0 saturated heterocycles. The summed E-state index contributed by atoms with van der Waals surface area (Å²) in [5, 5.41) is 5.17. The SMILES string of the molecule is CCOP(=O)(OCC)C(C)c1c(C)[nH][nH]c1=O. The number of hydrogen-bond donors (Lipinski definition) is 2. The molecule has 1 rings (SSSR count). The summed E-state index contributed by atoms with van der Waals surface area (Å²) >= 11 is 0. The summed E-state index contributed by atoms with van der Waals surface area (Å²) in [4.78, 5) is 11.6. The summed E-state index contributed by atoms with van der Waals surface area (Å²) in [6.07, 6.45) is 0. The van der Waals surface area contributed by atoms with E-state index in [2.05, 4.69) is 10.2 Å². The predicted octanol–water partition coefficient (Wildman–Crippen LogP) is 2.34. The van der Waals surface area contributed by atoms with Crippen LogP contribution in [0.2, 0.25) is 0 Å². The second-order valence-corrected chi connectivity index (χ2v) is 6.04. The Bertz CT molecular complexity index is 455. The van der Waals surface area contributed by atoms with Crippen molar-refractivity contribution in [2.24, 2.45) is 0 Å². The summed E-state index contributed by atoms with van der Waals surface area (Å²) < 4.78 is 23.0. The van der Waals surface area contributed by atoms with Crippen molar-refractivity contribution in [1.29, 1.82) is 0 Å². The molecule has 17 heavy (non-hydrogen) atoms. The topological polar surface area (TPSA) is 84.2 Å². The molecule has 0 radical (unpaired) electrons. The second-order valence-electron chi connectivity index (χ2n) is 3.67. The molecule has 1 heterocycles. The molecule has 0 bridgehead atoms. The summed E-state index contributed by atoms with van der Waals surface area (Å²) in [5.41, 5.74) is 0.212. The molecule has 2 N–H and O–H groups in total. The lowest BCUT2D eigenvalue weighted by Gasteiger charge is -2.22. The van der Waals surface area contributed by atoms with Gasteiger partial charge >= 0.3 is 7.60 Å². The summed E-state index contributed by atoms with van der Waals surface area (Å²) in [7, 11) is -3.29. The maximum atomic E-state index is 12.5. The number of nitrogens with one attached hydrogen (secondary N) is 2. The maximum absolute atomic E-state index is 12.5. The molecular weight excluding hydrogens is 243 g/mol. The van der Waals surface area contributed by atoms with Gasteiger partial charge in [-0.15, -0.1) is 0 Å². The minimum atomic E-state index is -3.29. The zero-order chi connectivity index (χ0) is 13.1. The highest BCUT2D eigenvalue weighted by Gasteiger charge is 2.36. The van der Waals surface area contributed by atoms with Crippen LogP contribution in [0.15, 0.2) is 4.79 Å². The Labute approximate surface area is 100 Å². The molecule has 0 aliphatic rings. The number of rotatable bonds is 6. The van der Waals surface area contributed by atoms with Crippen molar-refractivity contribution in [2.45, 2.75) is 33.4 Å². The number of hydrogen-bond acceptors (Lipinski definition) is 4. The van der Waals surface area contributed by atoms with Crippen molar-refractivity contribution >= 4 is 7.60 Å². The van der Waals surface area contributed by atoms with Crippen LogP contribution in [0.3, 0.4) is 0 Å². The van der Waals surface area contributed by atoms with E-state index in [1.807, 2.05) is 0 Å². The Hall–Kier alpha value is -0.840. The van der Waals surface area contributed by atoms with Gasteiger partial charge in [0.05, 0.1) is 24.4 Å². The van der Waals surface area contributed by atoms with Gasteiger partial charge in [-0.1, -0.05) is 0 Å². The summed E-state index contributed by atoms with van der Waals surface area (Å²) in [5.74, 6) is 0. The van der Waals surface area contributed by atoms with Crippen LogP contribution in [-0.4, -0.2) is 23.4 Å². The molecular formula is C10H19N2O4P. The van der Waals surface area contributed by atoms with E-state index < -0.39 is 13.3 Å². The Kier molecular flexibility index (Phi) is 4.74. The van der Waals surface area contributed by atoms with Crippen molar-refractivity contribution in [3.63, 3.8) is 0 Å². The van der Waals surface area contributed by atoms with E-state index >= 15 is 0 Å². The van der Waals surface area contributed by atoms with Gasteiger partial charge in [0.1, 0.15) is 0 Å². The first-order valence-electron chi connectivity index (χ1n) is 5.62. The first kappa shape index (κ1) is 14.2. The molecule has 0 saturated carbocycles. The van der Waals surface area contributed by atoms with E-state index in [1.165, 1.54) is 0 Å². The van der Waals surface area contributed by atoms with Gasteiger partial charge in [-0.05, 0) is 27.7 Å². The second kappa shape index (κ2) is 5.67. The van der Waals surface area contributed by atoms with Crippen LogP contribution in [0.4, 0.5) is 0 Å². The quantitative estimate of drug-likeness (QED) is 0.770. The van der Waals surface area contributed by atoms with Gasteiger partial charge in [0.25, 0.3) is 5.56 Å². The molecule has 0 fully saturated rings. The van der Waals surface area contributed by atoms with Crippen molar-refractivity contribution in [1.82, 2.24) is 10.2 Å². The van der Waals surface area contributed by atoms with Gasteiger partial charge in [0.2, 0.25) is 0 Å². The minimum absolute atomic E-state index is 0.281. The molecule has 0 aliphatic heterocycles. The molecule has 0 aliphatic carbocycles. The van der Waals surface area contributed by atoms with Crippen LogP contribution >= 0.6 is 7.60 Å². The Morgan fingerprint density at radius 3 is 2.12 bits per heavy atom. The molecule has 98 valence electrons. The van der Waals surface area contributed by atoms with Crippen LogP contribution in [0.5, 0.6) is 0 Å². The van der Waals surface area contributed by atoms with Crippen LogP contribution in [0, 0.1) is 6.92 Å². The van der Waals surface area contributed by atoms with Crippen LogP contribution in [0.25, 0.3) is 0 Å². The zero-order valence-electron chi connectivity index (χ0n) is 10.6. The Morgan fingerprint density at radius 1 is 1.24 bits per heavy atom. The van der Waals surface area contributed by atoms with Gasteiger partial charge in [-0.25, -0.2) is 0 Å². The highest BCUT2D eigenvalue weighted by atomic mass is 31.2. The lowest BCUT2D eigenvalue weighted by Crippen LogP contribution is -2.13. The fourth-order valence-electron chi connectivity index (χ4n) is 1.74. The number of aromatic amines is 2. The van der Waals surface area contributed by atoms with E-state index in [4.69, 9.17) is 9.05 Å². The molecule has 1 aromatic rings.